The van der Waals surface area contributed by atoms with Crippen molar-refractivity contribution in [2.24, 2.45) is 0 Å². The van der Waals surface area contributed by atoms with Gasteiger partial charge in [-0.25, -0.2) is 0 Å². The third kappa shape index (κ3) is 3.00. The van der Waals surface area contributed by atoms with Crippen LogP contribution in [0, 0.1) is 0 Å². The number of aliphatic hydroxyl groups excluding tert-OH is 1. The molecule has 1 rings (SSSR count). The lowest BCUT2D eigenvalue weighted by Crippen LogP contribution is -2.34. The summed E-state index contributed by atoms with van der Waals surface area (Å²) < 4.78 is 1.80. The maximum absolute atomic E-state index is 11.9. The summed E-state index contributed by atoms with van der Waals surface area (Å²) in [6.07, 6.45) is 2.29. The van der Waals surface area contributed by atoms with Crippen molar-refractivity contribution in [1.82, 2.24) is 9.88 Å². The lowest BCUT2D eigenvalue weighted by molar-refractivity contribution is 0.0925. The number of rotatable bonds is 5. The number of nitrogens with two attached hydrogens (primary N) is 1. The summed E-state index contributed by atoms with van der Waals surface area (Å²) in [6, 6.07) is 1.61. The van der Waals surface area contributed by atoms with Gasteiger partial charge in [0.2, 0.25) is 0 Å². The Morgan fingerprint density at radius 2 is 2.38 bits per heavy atom. The highest BCUT2D eigenvalue weighted by molar-refractivity contribution is 5.94. The van der Waals surface area contributed by atoms with Crippen molar-refractivity contribution in [2.75, 3.05) is 12.3 Å². The van der Waals surface area contributed by atoms with Crippen LogP contribution < -0.4 is 11.1 Å². The van der Waals surface area contributed by atoms with Crippen LogP contribution in [0.5, 0.6) is 0 Å². The number of nitrogens with zero attached hydrogens (tertiary/aromatic N) is 1. The van der Waals surface area contributed by atoms with Crippen LogP contribution in [0.1, 0.15) is 30.8 Å². The van der Waals surface area contributed by atoms with E-state index in [1.54, 1.807) is 16.8 Å². The number of carbonyl (C=O) groups is 1. The van der Waals surface area contributed by atoms with E-state index < -0.39 is 0 Å². The Labute approximate surface area is 95.3 Å². The van der Waals surface area contributed by atoms with Crippen molar-refractivity contribution >= 4 is 11.6 Å². The van der Waals surface area contributed by atoms with E-state index in [9.17, 15) is 4.79 Å². The third-order valence-corrected chi connectivity index (χ3v) is 2.43. The molecule has 0 radical (unpaired) electrons. The second kappa shape index (κ2) is 5.55. The average Bonchev–Trinajstić information content (AvgIpc) is 2.59. The summed E-state index contributed by atoms with van der Waals surface area (Å²) in [7, 11) is 0. The van der Waals surface area contributed by atoms with E-state index >= 15 is 0 Å². The Morgan fingerprint density at radius 3 is 2.94 bits per heavy atom. The van der Waals surface area contributed by atoms with Gasteiger partial charge in [0.15, 0.2) is 0 Å². The number of nitrogens with one attached hydrogen (secondary N) is 1. The highest BCUT2D eigenvalue weighted by atomic mass is 16.3. The number of aliphatic hydroxyl groups is 1. The SMILES string of the molecule is CCn1cc(N)cc1C(=O)NC(C)CCO. The molecule has 1 aromatic rings. The molecule has 0 aliphatic rings. The topological polar surface area (TPSA) is 80.3 Å². The fourth-order valence-corrected chi connectivity index (χ4v) is 1.55. The number of hydrogen-bond donors (Lipinski definition) is 3. The molecule has 4 N–H and O–H groups in total. The molecule has 0 spiro atoms. The molecular formula is C11H19N3O2. The summed E-state index contributed by atoms with van der Waals surface area (Å²) in [5, 5.41) is 11.6. The molecule has 5 heteroatoms. The van der Waals surface area contributed by atoms with Crippen LogP contribution in [0.2, 0.25) is 0 Å². The zero-order valence-corrected chi connectivity index (χ0v) is 9.73. The van der Waals surface area contributed by atoms with Crippen LogP contribution in [0.3, 0.4) is 0 Å². The van der Waals surface area contributed by atoms with Crippen LogP contribution in [-0.2, 0) is 6.54 Å². The van der Waals surface area contributed by atoms with E-state index in [2.05, 4.69) is 5.32 Å². The summed E-state index contributed by atoms with van der Waals surface area (Å²) in [5.41, 5.74) is 6.79. The number of aromatic nitrogens is 1. The number of hydrogen-bond acceptors (Lipinski definition) is 3. The minimum atomic E-state index is -0.153. The van der Waals surface area contributed by atoms with Crippen LogP contribution in [-0.4, -0.2) is 28.2 Å². The van der Waals surface area contributed by atoms with Crippen molar-refractivity contribution in [3.63, 3.8) is 0 Å². The van der Waals surface area contributed by atoms with Gasteiger partial charge in [0.1, 0.15) is 5.69 Å². The summed E-state index contributed by atoms with van der Waals surface area (Å²) in [4.78, 5) is 11.9. The first-order chi connectivity index (χ1) is 7.58. The zero-order valence-electron chi connectivity index (χ0n) is 9.73. The van der Waals surface area contributed by atoms with Gasteiger partial charge in [0.25, 0.3) is 5.91 Å². The molecule has 0 bridgehead atoms. The molecule has 1 heterocycles. The number of anilines is 1. The molecule has 16 heavy (non-hydrogen) atoms. The van der Waals surface area contributed by atoms with Crippen molar-refractivity contribution in [3.05, 3.63) is 18.0 Å². The van der Waals surface area contributed by atoms with E-state index in [4.69, 9.17) is 10.8 Å². The van der Waals surface area contributed by atoms with Gasteiger partial charge >= 0.3 is 0 Å². The smallest absolute Gasteiger partial charge is 0.268 e. The van der Waals surface area contributed by atoms with Crippen molar-refractivity contribution < 1.29 is 9.90 Å². The number of amides is 1. The van der Waals surface area contributed by atoms with E-state index in [1.165, 1.54) is 0 Å². The van der Waals surface area contributed by atoms with E-state index in [-0.39, 0.29) is 18.6 Å². The summed E-state index contributed by atoms with van der Waals surface area (Å²) in [5.74, 6) is -0.153. The minimum Gasteiger partial charge on any atom is -0.397 e. The first-order valence-electron chi connectivity index (χ1n) is 5.45. The minimum absolute atomic E-state index is 0.0427. The van der Waals surface area contributed by atoms with Gasteiger partial charge in [-0.15, -0.1) is 0 Å². The molecule has 1 amide bonds. The Kier molecular flexibility index (Phi) is 4.37. The molecule has 1 unspecified atom stereocenters. The number of nitrogen functional groups attached to an aromatic ring is 1. The molecule has 0 fully saturated rings. The molecular weight excluding hydrogens is 206 g/mol. The van der Waals surface area contributed by atoms with Crippen LogP contribution in [0.15, 0.2) is 12.3 Å². The van der Waals surface area contributed by atoms with Crippen LogP contribution in [0.4, 0.5) is 5.69 Å². The third-order valence-electron chi connectivity index (χ3n) is 2.43. The highest BCUT2D eigenvalue weighted by Gasteiger charge is 2.13. The molecule has 5 nitrogen and oxygen atoms in total. The largest absolute Gasteiger partial charge is 0.397 e. The van der Waals surface area contributed by atoms with Gasteiger partial charge in [-0.1, -0.05) is 0 Å². The first kappa shape index (κ1) is 12.6. The van der Waals surface area contributed by atoms with Crippen molar-refractivity contribution in [1.29, 1.82) is 0 Å². The molecule has 1 aromatic heterocycles. The van der Waals surface area contributed by atoms with Gasteiger partial charge in [-0.05, 0) is 26.3 Å². The Hall–Kier alpha value is -1.49. The first-order valence-corrected chi connectivity index (χ1v) is 5.45. The van der Waals surface area contributed by atoms with Crippen LogP contribution >= 0.6 is 0 Å². The maximum atomic E-state index is 11.9. The number of aryl methyl sites for hydroxylation is 1. The Morgan fingerprint density at radius 1 is 1.69 bits per heavy atom. The predicted molar refractivity (Wildman–Crippen MR) is 63.1 cm³/mol. The quantitative estimate of drug-likeness (QED) is 0.686. The second-order valence-electron chi connectivity index (χ2n) is 3.83. The maximum Gasteiger partial charge on any atom is 0.268 e. The summed E-state index contributed by atoms with van der Waals surface area (Å²) >= 11 is 0. The van der Waals surface area contributed by atoms with E-state index in [0.29, 0.717) is 24.3 Å². The van der Waals surface area contributed by atoms with Crippen molar-refractivity contribution in [2.45, 2.75) is 32.9 Å². The molecule has 0 saturated carbocycles. The second-order valence-corrected chi connectivity index (χ2v) is 3.83. The highest BCUT2D eigenvalue weighted by Crippen LogP contribution is 2.10. The predicted octanol–water partition coefficient (Wildman–Crippen LogP) is 0.591. The van der Waals surface area contributed by atoms with E-state index in [0.717, 1.165) is 0 Å². The van der Waals surface area contributed by atoms with Crippen LogP contribution in [0.25, 0.3) is 0 Å². The molecule has 0 saturated heterocycles. The Balaban J connectivity index is 2.72. The molecule has 0 aliphatic carbocycles. The van der Waals surface area contributed by atoms with Gasteiger partial charge in [0.05, 0.1) is 5.69 Å². The standard InChI is InChI=1S/C11H19N3O2/c1-3-14-7-9(12)6-10(14)11(16)13-8(2)4-5-15/h6-8,15H,3-5,12H2,1-2H3,(H,13,16). The lowest BCUT2D eigenvalue weighted by atomic mass is 10.2. The lowest BCUT2D eigenvalue weighted by Gasteiger charge is -2.13. The molecule has 0 aliphatic heterocycles. The average molecular weight is 225 g/mol. The fourth-order valence-electron chi connectivity index (χ4n) is 1.55. The normalized spacial score (nSPS) is 12.4. The molecule has 0 aromatic carbocycles. The van der Waals surface area contributed by atoms with Gasteiger partial charge < -0.3 is 20.7 Å². The monoisotopic (exact) mass is 225 g/mol. The summed E-state index contributed by atoms with van der Waals surface area (Å²) in [6.45, 7) is 4.58. The van der Waals surface area contributed by atoms with Crippen molar-refractivity contribution in [3.8, 4) is 0 Å². The van der Waals surface area contributed by atoms with Gasteiger partial charge in [-0.3, -0.25) is 4.79 Å². The van der Waals surface area contributed by atoms with E-state index in [1.807, 2.05) is 13.8 Å². The molecule has 1 atom stereocenters. The van der Waals surface area contributed by atoms with Gasteiger partial charge in [-0.2, -0.15) is 0 Å². The number of carbonyl (C=O) groups excluding carboxylic acids is 1. The van der Waals surface area contributed by atoms with Gasteiger partial charge in [0, 0.05) is 25.4 Å². The molecule has 90 valence electrons. The fraction of sp³-hybridized carbons (Fsp3) is 0.545. The zero-order chi connectivity index (χ0) is 12.1. The Bertz CT molecular complexity index is 360.